The molecule has 4 rings (SSSR count). The molecule has 1 atom stereocenters. The summed E-state index contributed by atoms with van der Waals surface area (Å²) in [7, 11) is -3.82. The van der Waals surface area contributed by atoms with Gasteiger partial charge in [0.15, 0.2) is 0 Å². The molecule has 1 N–H and O–H groups in total. The molecule has 0 fully saturated rings. The molecule has 0 bridgehead atoms. The van der Waals surface area contributed by atoms with Gasteiger partial charge in [-0.1, -0.05) is 35.9 Å². The van der Waals surface area contributed by atoms with Crippen molar-refractivity contribution in [2.75, 3.05) is 6.54 Å². The Morgan fingerprint density at radius 2 is 1.83 bits per heavy atom. The first kappa shape index (κ1) is 20.2. The van der Waals surface area contributed by atoms with Crippen LogP contribution in [0.5, 0.6) is 0 Å². The van der Waals surface area contributed by atoms with Gasteiger partial charge in [0, 0.05) is 28.4 Å². The largest absolute Gasteiger partial charge is 0.462 e. The Kier molecular flexibility index (Phi) is 5.15. The highest BCUT2D eigenvalue weighted by molar-refractivity contribution is 7.89. The topological polar surface area (TPSA) is 79.5 Å². The van der Waals surface area contributed by atoms with Gasteiger partial charge < -0.3 is 9.72 Å². The molecule has 2 aromatic carbocycles. The summed E-state index contributed by atoms with van der Waals surface area (Å²) in [5, 5.41) is 0.887. The highest BCUT2D eigenvalue weighted by Crippen LogP contribution is 2.35. The maximum absolute atomic E-state index is 13.3. The van der Waals surface area contributed by atoms with Crippen LogP contribution in [0.4, 0.5) is 0 Å². The third kappa shape index (κ3) is 3.61. The van der Waals surface area contributed by atoms with Crippen LogP contribution < -0.4 is 0 Å². The molecule has 1 aliphatic rings. The lowest BCUT2D eigenvalue weighted by atomic mass is 9.96. The highest BCUT2D eigenvalue weighted by Gasteiger charge is 2.35. The highest BCUT2D eigenvalue weighted by atomic mass is 32.2. The Balaban J connectivity index is 1.81. The van der Waals surface area contributed by atoms with Gasteiger partial charge in [-0.3, -0.25) is 9.10 Å². The molecule has 2 heterocycles. The smallest absolute Gasteiger partial charge is 0.315 e. The van der Waals surface area contributed by atoms with Crippen LogP contribution in [-0.2, 0) is 19.6 Å². The summed E-state index contributed by atoms with van der Waals surface area (Å²) < 4.78 is 33.3. The summed E-state index contributed by atoms with van der Waals surface area (Å²) >= 11 is 0. The maximum atomic E-state index is 13.3. The first-order valence-electron chi connectivity index (χ1n) is 9.85. The van der Waals surface area contributed by atoms with E-state index >= 15 is 0 Å². The maximum Gasteiger partial charge on any atom is 0.315 e. The van der Waals surface area contributed by atoms with Crippen LogP contribution in [0, 0.1) is 6.92 Å². The number of H-pyrrole nitrogens is 1. The number of rotatable bonds is 4. The SMILES string of the molecule is Cc1ccc(S(=O)(=O)N2C=Cc3[nH]c4ccccc4c3C(C(=O)OC(C)C)C2)cc1. The van der Waals surface area contributed by atoms with Gasteiger partial charge in [-0.2, -0.15) is 0 Å². The number of ether oxygens (including phenoxy) is 1. The molecule has 6 nitrogen and oxygen atoms in total. The van der Waals surface area contributed by atoms with Gasteiger partial charge >= 0.3 is 5.97 Å². The fraction of sp³-hybridized carbons (Fsp3) is 0.261. The number of hydrogen-bond donors (Lipinski definition) is 1. The quantitative estimate of drug-likeness (QED) is 0.637. The van der Waals surface area contributed by atoms with Crippen molar-refractivity contribution in [3.05, 3.63) is 71.6 Å². The third-order valence-corrected chi connectivity index (χ3v) is 6.92. The number of carbonyl (C=O) groups excluding carboxylic acids is 1. The average molecular weight is 425 g/mol. The van der Waals surface area contributed by atoms with Gasteiger partial charge in [0.2, 0.25) is 0 Å². The molecule has 156 valence electrons. The minimum atomic E-state index is -3.82. The lowest BCUT2D eigenvalue weighted by Crippen LogP contribution is -2.33. The lowest BCUT2D eigenvalue weighted by Gasteiger charge is -2.24. The van der Waals surface area contributed by atoms with E-state index in [9.17, 15) is 13.2 Å². The van der Waals surface area contributed by atoms with Crippen LogP contribution >= 0.6 is 0 Å². The Morgan fingerprint density at radius 1 is 1.13 bits per heavy atom. The molecule has 0 spiro atoms. The molecule has 1 aromatic heterocycles. The van der Waals surface area contributed by atoms with E-state index in [1.807, 2.05) is 31.2 Å². The van der Waals surface area contributed by atoms with E-state index in [4.69, 9.17) is 4.74 Å². The molecule has 7 heteroatoms. The summed E-state index contributed by atoms with van der Waals surface area (Å²) in [6, 6.07) is 14.4. The first-order chi connectivity index (χ1) is 14.3. The Hall–Kier alpha value is -3.06. The minimum absolute atomic E-state index is 0.0346. The molecular weight excluding hydrogens is 400 g/mol. The number of aromatic amines is 1. The van der Waals surface area contributed by atoms with Crippen molar-refractivity contribution in [2.24, 2.45) is 0 Å². The van der Waals surface area contributed by atoms with Crippen molar-refractivity contribution in [3.8, 4) is 0 Å². The van der Waals surface area contributed by atoms with Gasteiger partial charge in [-0.05, 0) is 45.0 Å². The molecule has 1 aliphatic heterocycles. The fourth-order valence-corrected chi connectivity index (χ4v) is 5.03. The predicted molar refractivity (Wildman–Crippen MR) is 116 cm³/mol. The molecule has 3 aromatic rings. The second-order valence-electron chi connectivity index (χ2n) is 7.74. The van der Waals surface area contributed by atoms with E-state index < -0.39 is 21.9 Å². The molecule has 0 amide bonds. The van der Waals surface area contributed by atoms with Crippen molar-refractivity contribution in [1.82, 2.24) is 9.29 Å². The van der Waals surface area contributed by atoms with Gasteiger partial charge in [0.1, 0.15) is 5.92 Å². The second kappa shape index (κ2) is 7.65. The zero-order chi connectivity index (χ0) is 21.5. The van der Waals surface area contributed by atoms with Crippen LogP contribution in [0.25, 0.3) is 17.0 Å². The minimum Gasteiger partial charge on any atom is -0.462 e. The third-order valence-electron chi connectivity index (χ3n) is 5.16. The van der Waals surface area contributed by atoms with Crippen molar-refractivity contribution in [1.29, 1.82) is 0 Å². The van der Waals surface area contributed by atoms with Crippen LogP contribution in [0.1, 0.15) is 36.6 Å². The van der Waals surface area contributed by atoms with Crippen molar-refractivity contribution in [3.63, 3.8) is 0 Å². The van der Waals surface area contributed by atoms with Gasteiger partial charge in [-0.25, -0.2) is 8.42 Å². The second-order valence-corrected chi connectivity index (χ2v) is 9.63. The number of hydrogen-bond acceptors (Lipinski definition) is 4. The molecule has 0 saturated heterocycles. The Labute approximate surface area is 176 Å². The van der Waals surface area contributed by atoms with E-state index in [1.54, 1.807) is 44.2 Å². The van der Waals surface area contributed by atoms with Crippen LogP contribution in [0.15, 0.2) is 59.6 Å². The molecule has 30 heavy (non-hydrogen) atoms. The van der Waals surface area contributed by atoms with E-state index in [-0.39, 0.29) is 17.5 Å². The average Bonchev–Trinajstić information content (AvgIpc) is 2.94. The molecular formula is C23H24N2O4S. The number of aryl methyl sites for hydroxylation is 1. The zero-order valence-corrected chi connectivity index (χ0v) is 17.9. The molecule has 0 aliphatic carbocycles. The van der Waals surface area contributed by atoms with Crippen LogP contribution in [-0.4, -0.2) is 36.3 Å². The molecule has 1 unspecified atom stereocenters. The van der Waals surface area contributed by atoms with Gasteiger partial charge in [0.05, 0.1) is 17.5 Å². The van der Waals surface area contributed by atoms with Gasteiger partial charge in [0.25, 0.3) is 10.0 Å². The number of benzene rings is 2. The van der Waals surface area contributed by atoms with E-state index in [2.05, 4.69) is 4.98 Å². The van der Waals surface area contributed by atoms with E-state index in [1.165, 1.54) is 10.5 Å². The summed E-state index contributed by atoms with van der Waals surface area (Å²) in [4.78, 5) is 16.5. The number of aromatic nitrogens is 1. The van der Waals surface area contributed by atoms with Crippen LogP contribution in [0.2, 0.25) is 0 Å². The number of nitrogens with one attached hydrogen (secondary N) is 1. The molecule has 0 saturated carbocycles. The lowest BCUT2D eigenvalue weighted by molar-refractivity contribution is -0.149. The number of para-hydroxylation sites is 1. The zero-order valence-electron chi connectivity index (χ0n) is 17.1. The summed E-state index contributed by atoms with van der Waals surface area (Å²) in [5.41, 5.74) is 3.34. The van der Waals surface area contributed by atoms with Gasteiger partial charge in [-0.15, -0.1) is 0 Å². The monoisotopic (exact) mass is 424 g/mol. The number of nitrogens with zero attached hydrogens (tertiary/aromatic N) is 1. The first-order valence-corrected chi connectivity index (χ1v) is 11.3. The van der Waals surface area contributed by atoms with Crippen molar-refractivity contribution >= 4 is 33.0 Å². The van der Waals surface area contributed by atoms with E-state index in [0.29, 0.717) is 5.69 Å². The normalized spacial score (nSPS) is 16.5. The summed E-state index contributed by atoms with van der Waals surface area (Å²) in [6.07, 6.45) is 2.93. The summed E-state index contributed by atoms with van der Waals surface area (Å²) in [6.45, 7) is 5.43. The van der Waals surface area contributed by atoms with Crippen molar-refractivity contribution in [2.45, 2.75) is 37.7 Å². The van der Waals surface area contributed by atoms with E-state index in [0.717, 1.165) is 22.0 Å². The summed E-state index contributed by atoms with van der Waals surface area (Å²) in [5.74, 6) is -1.20. The predicted octanol–water partition coefficient (Wildman–Crippen LogP) is 4.19. The number of fused-ring (bicyclic) bond motifs is 3. The van der Waals surface area contributed by atoms with Crippen molar-refractivity contribution < 1.29 is 17.9 Å². The fourth-order valence-electron chi connectivity index (χ4n) is 3.71. The molecule has 0 radical (unpaired) electrons. The number of carbonyl (C=O) groups is 1. The van der Waals surface area contributed by atoms with Crippen LogP contribution in [0.3, 0.4) is 0 Å². The number of esters is 1. The standard InChI is InChI=1S/C23H24N2O4S/c1-15(2)29-23(26)19-14-25(30(27,28)17-10-8-16(3)9-11-17)13-12-21-22(19)18-6-4-5-7-20(18)24-21/h4-13,15,19,24H,14H2,1-3H3. The Bertz CT molecular complexity index is 1220. The Morgan fingerprint density at radius 3 is 2.53 bits per heavy atom. The number of sulfonamides is 1.